The summed E-state index contributed by atoms with van der Waals surface area (Å²) in [5, 5.41) is 13.2. The number of carboxylic acid groups (broad SMARTS) is 1. The van der Waals surface area contributed by atoms with Gasteiger partial charge in [0.25, 0.3) is 5.79 Å². The molecule has 1 N–H and O–H groups in total. The fraction of sp³-hybridized carbons (Fsp3) is 0.579. The molecule has 2 rings (SSSR count). The van der Waals surface area contributed by atoms with Crippen LogP contribution >= 0.6 is 0 Å². The molecule has 1 aromatic carbocycles. The zero-order chi connectivity index (χ0) is 18.3. The molecule has 138 valence electrons. The van der Waals surface area contributed by atoms with E-state index in [1.165, 1.54) is 12.5 Å². The van der Waals surface area contributed by atoms with Crippen molar-refractivity contribution in [2.45, 2.75) is 45.8 Å². The van der Waals surface area contributed by atoms with Gasteiger partial charge in [0.15, 0.2) is 0 Å². The van der Waals surface area contributed by atoms with Crippen LogP contribution in [0.15, 0.2) is 29.4 Å². The van der Waals surface area contributed by atoms with Gasteiger partial charge in [0.05, 0.1) is 18.9 Å². The van der Waals surface area contributed by atoms with Gasteiger partial charge in [-0.25, -0.2) is 4.79 Å². The average Bonchev–Trinajstić information content (AvgIpc) is 2.59. The summed E-state index contributed by atoms with van der Waals surface area (Å²) < 4.78 is 10.7. The van der Waals surface area contributed by atoms with Crippen LogP contribution in [0.5, 0.6) is 0 Å². The second-order valence-corrected chi connectivity index (χ2v) is 6.61. The van der Waals surface area contributed by atoms with Gasteiger partial charge in [-0.05, 0) is 38.7 Å². The lowest BCUT2D eigenvalue weighted by Crippen LogP contribution is -2.47. The molecular formula is C19H27NO5. The number of aliphatic carboxylic acids is 1. The normalized spacial score (nSPS) is 24.1. The van der Waals surface area contributed by atoms with Crippen LogP contribution in [0.3, 0.4) is 0 Å². The van der Waals surface area contributed by atoms with E-state index < -0.39 is 11.8 Å². The van der Waals surface area contributed by atoms with Gasteiger partial charge < -0.3 is 19.4 Å². The van der Waals surface area contributed by atoms with Crippen molar-refractivity contribution in [3.05, 3.63) is 35.4 Å². The molecule has 1 aromatic rings. The van der Waals surface area contributed by atoms with E-state index in [1.54, 1.807) is 0 Å². The Kier molecular flexibility index (Phi) is 6.96. The van der Waals surface area contributed by atoms with Crippen molar-refractivity contribution in [1.29, 1.82) is 0 Å². The summed E-state index contributed by atoms with van der Waals surface area (Å²) in [6.07, 6.45) is 2.76. The van der Waals surface area contributed by atoms with E-state index in [0.717, 1.165) is 30.5 Å². The number of carbonyl (C=O) groups is 1. The SMILES string of the molecule is C/C(=N/OCCCCC1COC(C)(C(=O)O)OC1)c1cccc(C)c1. The molecule has 0 unspecified atom stereocenters. The molecule has 0 saturated carbocycles. The molecule has 0 aliphatic carbocycles. The summed E-state index contributed by atoms with van der Waals surface area (Å²) in [5.41, 5.74) is 3.13. The van der Waals surface area contributed by atoms with Gasteiger partial charge >= 0.3 is 5.97 Å². The monoisotopic (exact) mass is 349 g/mol. The first-order chi connectivity index (χ1) is 11.9. The van der Waals surface area contributed by atoms with Crippen molar-refractivity contribution in [2.24, 2.45) is 11.1 Å². The van der Waals surface area contributed by atoms with Crippen molar-refractivity contribution in [2.75, 3.05) is 19.8 Å². The van der Waals surface area contributed by atoms with E-state index in [4.69, 9.17) is 19.4 Å². The minimum atomic E-state index is -1.50. The third kappa shape index (κ3) is 5.83. The maximum atomic E-state index is 11.0. The number of carboxylic acids is 1. The van der Waals surface area contributed by atoms with Crippen LogP contribution in [0.1, 0.15) is 44.2 Å². The summed E-state index contributed by atoms with van der Waals surface area (Å²) in [5.74, 6) is -2.35. The Morgan fingerprint density at radius 3 is 2.72 bits per heavy atom. The predicted octanol–water partition coefficient (Wildman–Crippen LogP) is 3.37. The zero-order valence-electron chi connectivity index (χ0n) is 15.2. The highest BCUT2D eigenvalue weighted by molar-refractivity contribution is 5.98. The second kappa shape index (κ2) is 8.97. The third-order valence-electron chi connectivity index (χ3n) is 4.31. The Balaban J connectivity index is 1.61. The lowest BCUT2D eigenvalue weighted by molar-refractivity contribution is -0.271. The molecule has 25 heavy (non-hydrogen) atoms. The van der Waals surface area contributed by atoms with Crippen molar-refractivity contribution in [1.82, 2.24) is 0 Å². The Hall–Kier alpha value is -1.92. The molecule has 0 aromatic heterocycles. The molecule has 1 saturated heterocycles. The Morgan fingerprint density at radius 2 is 2.08 bits per heavy atom. The van der Waals surface area contributed by atoms with Gasteiger partial charge in [-0.3, -0.25) is 0 Å². The predicted molar refractivity (Wildman–Crippen MR) is 94.6 cm³/mol. The number of hydrogen-bond donors (Lipinski definition) is 1. The Bertz CT molecular complexity index is 606. The molecule has 1 heterocycles. The van der Waals surface area contributed by atoms with E-state index in [9.17, 15) is 4.79 Å². The number of hydrogen-bond acceptors (Lipinski definition) is 5. The zero-order valence-corrected chi connectivity index (χ0v) is 15.2. The standard InChI is InChI=1S/C19H27NO5/c1-14-7-6-9-17(11-14)15(2)20-25-10-5-4-8-16-12-23-19(3,18(21)22)24-13-16/h6-7,9,11,16H,4-5,8,10,12-13H2,1-3H3,(H,21,22)/b20-15-. The fourth-order valence-electron chi connectivity index (χ4n) is 2.60. The molecule has 6 nitrogen and oxygen atoms in total. The van der Waals surface area contributed by atoms with Crippen molar-refractivity contribution in [3.8, 4) is 0 Å². The molecule has 6 heteroatoms. The highest BCUT2D eigenvalue weighted by Gasteiger charge is 2.40. The van der Waals surface area contributed by atoms with E-state index in [1.807, 2.05) is 19.1 Å². The van der Waals surface area contributed by atoms with Crippen LogP contribution in [0.2, 0.25) is 0 Å². The molecule has 1 aliphatic rings. The smallest absolute Gasteiger partial charge is 0.364 e. The minimum Gasteiger partial charge on any atom is -0.477 e. The highest BCUT2D eigenvalue weighted by Crippen LogP contribution is 2.24. The number of oxime groups is 1. The quantitative estimate of drug-likeness (QED) is 0.442. The maximum Gasteiger partial charge on any atom is 0.364 e. The molecule has 0 spiro atoms. The second-order valence-electron chi connectivity index (χ2n) is 6.61. The molecule has 0 bridgehead atoms. The van der Waals surface area contributed by atoms with E-state index in [2.05, 4.69) is 24.2 Å². The lowest BCUT2D eigenvalue weighted by atomic mass is 10.0. The van der Waals surface area contributed by atoms with E-state index >= 15 is 0 Å². The van der Waals surface area contributed by atoms with Crippen LogP contribution in [0, 0.1) is 12.8 Å². The largest absolute Gasteiger partial charge is 0.477 e. The highest BCUT2D eigenvalue weighted by atomic mass is 16.7. The first-order valence-electron chi connectivity index (χ1n) is 8.65. The average molecular weight is 349 g/mol. The van der Waals surface area contributed by atoms with Crippen LogP contribution in [-0.2, 0) is 19.1 Å². The van der Waals surface area contributed by atoms with Crippen molar-refractivity contribution in [3.63, 3.8) is 0 Å². The number of aryl methyl sites for hydroxylation is 1. The number of benzene rings is 1. The summed E-state index contributed by atoms with van der Waals surface area (Å²) in [6, 6.07) is 8.15. The van der Waals surface area contributed by atoms with E-state index in [0.29, 0.717) is 19.8 Å². The first-order valence-corrected chi connectivity index (χ1v) is 8.65. The topological polar surface area (TPSA) is 77.4 Å². The number of nitrogens with zero attached hydrogens (tertiary/aromatic N) is 1. The summed E-state index contributed by atoms with van der Waals surface area (Å²) in [6.45, 7) is 6.81. The third-order valence-corrected chi connectivity index (χ3v) is 4.31. The summed E-state index contributed by atoms with van der Waals surface area (Å²) >= 11 is 0. The molecule has 0 atom stereocenters. The van der Waals surface area contributed by atoms with Gasteiger partial charge in [-0.15, -0.1) is 0 Å². The van der Waals surface area contributed by atoms with Crippen LogP contribution in [-0.4, -0.2) is 42.4 Å². The Labute approximate surface area is 148 Å². The van der Waals surface area contributed by atoms with Gasteiger partial charge in [0, 0.05) is 12.8 Å². The van der Waals surface area contributed by atoms with Gasteiger partial charge in [-0.2, -0.15) is 0 Å². The maximum absolute atomic E-state index is 11.0. The lowest BCUT2D eigenvalue weighted by Gasteiger charge is -2.34. The number of unbranched alkanes of at least 4 members (excludes halogenated alkanes) is 1. The minimum absolute atomic E-state index is 0.227. The van der Waals surface area contributed by atoms with Crippen LogP contribution in [0.25, 0.3) is 0 Å². The van der Waals surface area contributed by atoms with Crippen molar-refractivity contribution >= 4 is 11.7 Å². The molecule has 0 radical (unpaired) electrons. The molecule has 1 aliphatic heterocycles. The molecule has 0 amide bonds. The summed E-state index contributed by atoms with van der Waals surface area (Å²) in [7, 11) is 0. The van der Waals surface area contributed by atoms with Gasteiger partial charge in [-0.1, -0.05) is 35.0 Å². The Morgan fingerprint density at radius 1 is 1.36 bits per heavy atom. The number of ether oxygens (including phenoxy) is 2. The van der Waals surface area contributed by atoms with E-state index in [-0.39, 0.29) is 5.92 Å². The van der Waals surface area contributed by atoms with Crippen LogP contribution in [0.4, 0.5) is 0 Å². The first kappa shape index (κ1) is 19.4. The van der Waals surface area contributed by atoms with Crippen LogP contribution < -0.4 is 0 Å². The van der Waals surface area contributed by atoms with Gasteiger partial charge in [0.2, 0.25) is 0 Å². The number of rotatable bonds is 8. The molecule has 1 fully saturated rings. The van der Waals surface area contributed by atoms with Crippen molar-refractivity contribution < 1.29 is 24.2 Å². The molecular weight excluding hydrogens is 322 g/mol. The fourth-order valence-corrected chi connectivity index (χ4v) is 2.60. The summed E-state index contributed by atoms with van der Waals surface area (Å²) in [4.78, 5) is 16.4. The van der Waals surface area contributed by atoms with Gasteiger partial charge in [0.1, 0.15) is 6.61 Å².